The highest BCUT2D eigenvalue weighted by atomic mass is 16.5. The molecule has 5 N–H and O–H groups in total. The van der Waals surface area contributed by atoms with E-state index in [1.165, 1.54) is 38.4 Å². The third kappa shape index (κ3) is 7.41. The molecule has 11 heteroatoms. The molecular formula is C33H43N5O6. The molecule has 1 amide bonds. The molecule has 3 heterocycles. The van der Waals surface area contributed by atoms with Crippen molar-refractivity contribution in [3.05, 3.63) is 76.6 Å². The van der Waals surface area contributed by atoms with Crippen molar-refractivity contribution in [2.45, 2.75) is 44.8 Å². The SMILES string of the molecule is Cc1ccc2[nH]c3c(c2c1)CCN(C1=CCC(O)CC1)C3c1ccc(OCC(=O)N(N)CCN2CCOCC2)cc1.O=CO. The van der Waals surface area contributed by atoms with Crippen molar-refractivity contribution in [2.24, 2.45) is 5.84 Å². The number of carbonyl (C=O) groups excluding carboxylic acids is 1. The van der Waals surface area contributed by atoms with Crippen molar-refractivity contribution in [1.82, 2.24) is 19.8 Å². The maximum atomic E-state index is 12.6. The molecule has 0 bridgehead atoms. The predicted molar refractivity (Wildman–Crippen MR) is 167 cm³/mol. The lowest BCUT2D eigenvalue weighted by Crippen LogP contribution is -2.47. The predicted octanol–water partition coefficient (Wildman–Crippen LogP) is 2.97. The van der Waals surface area contributed by atoms with Crippen LogP contribution in [0.3, 0.4) is 0 Å². The molecule has 0 spiro atoms. The van der Waals surface area contributed by atoms with Crippen molar-refractivity contribution < 1.29 is 29.3 Å². The number of aliphatic hydroxyl groups excluding tert-OH is 1. The number of amides is 1. The quantitative estimate of drug-likeness (QED) is 0.132. The Morgan fingerprint density at radius 1 is 1.16 bits per heavy atom. The Balaban J connectivity index is 0.00000123. The molecule has 1 fully saturated rings. The second kappa shape index (κ2) is 14.7. The molecule has 3 aromatic rings. The number of nitrogens with two attached hydrogens (primary N) is 1. The first-order valence-electron chi connectivity index (χ1n) is 15.3. The number of carboxylic acid groups (broad SMARTS) is 1. The van der Waals surface area contributed by atoms with Gasteiger partial charge in [-0.2, -0.15) is 0 Å². The van der Waals surface area contributed by atoms with Crippen molar-refractivity contribution >= 4 is 23.3 Å². The highest BCUT2D eigenvalue weighted by Crippen LogP contribution is 2.42. The standard InChI is InChI=1S/C32H41N5O4.CH2O2/c1-22-2-11-29-28(20-22)27-12-13-36(24-5-7-25(38)8-6-24)32(31(27)34-29)23-3-9-26(10-4-23)41-21-30(39)37(33)15-14-35-16-18-40-19-17-35;2-1-3/h2-5,9-11,20,25,32,34,38H,6-8,12-19,21,33H2,1H3;1H,(H,2,3). The molecule has 236 valence electrons. The number of allylic oxidation sites excluding steroid dienone is 1. The molecule has 1 aliphatic carbocycles. The normalized spacial score (nSPS) is 20.2. The number of nitrogens with one attached hydrogen (secondary N) is 1. The largest absolute Gasteiger partial charge is 0.484 e. The van der Waals surface area contributed by atoms with Gasteiger partial charge in [-0.1, -0.05) is 29.8 Å². The van der Waals surface area contributed by atoms with Gasteiger partial charge in [-0.15, -0.1) is 0 Å². The average Bonchev–Trinajstić information content (AvgIpc) is 3.41. The van der Waals surface area contributed by atoms with Gasteiger partial charge in [0.15, 0.2) is 6.61 Å². The van der Waals surface area contributed by atoms with Gasteiger partial charge in [0.1, 0.15) is 5.75 Å². The van der Waals surface area contributed by atoms with Crippen LogP contribution in [-0.2, 0) is 20.7 Å². The summed E-state index contributed by atoms with van der Waals surface area (Å²) in [6.07, 6.45) is 5.29. The number of rotatable bonds is 8. The number of aromatic nitrogens is 1. The maximum absolute atomic E-state index is 12.6. The van der Waals surface area contributed by atoms with Crippen molar-refractivity contribution in [3.8, 4) is 5.75 Å². The van der Waals surface area contributed by atoms with Crippen molar-refractivity contribution in [1.29, 1.82) is 0 Å². The third-order valence-electron chi connectivity index (χ3n) is 8.65. The Morgan fingerprint density at radius 3 is 2.61 bits per heavy atom. The third-order valence-corrected chi connectivity index (χ3v) is 8.65. The smallest absolute Gasteiger partial charge is 0.290 e. The molecule has 1 aromatic heterocycles. The van der Waals surface area contributed by atoms with E-state index in [1.807, 2.05) is 12.1 Å². The molecule has 2 unspecified atom stereocenters. The van der Waals surface area contributed by atoms with Crippen LogP contribution in [0, 0.1) is 6.92 Å². The molecule has 44 heavy (non-hydrogen) atoms. The summed E-state index contributed by atoms with van der Waals surface area (Å²) < 4.78 is 11.2. The number of ether oxygens (including phenoxy) is 2. The lowest BCUT2D eigenvalue weighted by atomic mass is 9.89. The topological polar surface area (TPSA) is 145 Å². The molecular weight excluding hydrogens is 562 g/mol. The summed E-state index contributed by atoms with van der Waals surface area (Å²) in [5.74, 6) is 6.41. The number of H-pyrrole nitrogens is 1. The van der Waals surface area contributed by atoms with E-state index in [1.54, 1.807) is 0 Å². The highest BCUT2D eigenvalue weighted by Gasteiger charge is 2.33. The first-order chi connectivity index (χ1) is 21.4. The van der Waals surface area contributed by atoms with Crippen molar-refractivity contribution in [3.63, 3.8) is 0 Å². The number of morpholine rings is 1. The van der Waals surface area contributed by atoms with Crippen LogP contribution >= 0.6 is 0 Å². The van der Waals surface area contributed by atoms with E-state index in [2.05, 4.69) is 58.1 Å². The molecule has 1 saturated heterocycles. The number of carbonyl (C=O) groups is 2. The van der Waals surface area contributed by atoms with Crippen LogP contribution < -0.4 is 10.6 Å². The van der Waals surface area contributed by atoms with E-state index in [9.17, 15) is 9.90 Å². The van der Waals surface area contributed by atoms with Gasteiger partial charge in [0.05, 0.1) is 25.4 Å². The fourth-order valence-electron chi connectivity index (χ4n) is 6.30. The van der Waals surface area contributed by atoms with Gasteiger partial charge in [0, 0.05) is 55.0 Å². The molecule has 2 atom stereocenters. The Labute approximate surface area is 257 Å². The summed E-state index contributed by atoms with van der Waals surface area (Å²) >= 11 is 0. The maximum Gasteiger partial charge on any atom is 0.290 e. The highest BCUT2D eigenvalue weighted by molar-refractivity contribution is 5.86. The average molecular weight is 606 g/mol. The first-order valence-corrected chi connectivity index (χ1v) is 15.3. The number of benzene rings is 2. The van der Waals surface area contributed by atoms with Gasteiger partial charge in [0.2, 0.25) is 0 Å². The fraction of sp³-hybridized carbons (Fsp3) is 0.455. The number of hydrogen-bond acceptors (Lipinski definition) is 8. The molecule has 2 aliphatic heterocycles. The van der Waals surface area contributed by atoms with Crippen LogP contribution in [0.2, 0.25) is 0 Å². The van der Waals surface area contributed by atoms with Gasteiger partial charge in [-0.3, -0.25) is 19.5 Å². The number of aliphatic hydroxyl groups is 1. The summed E-state index contributed by atoms with van der Waals surface area (Å²) in [5.41, 5.74) is 7.49. The molecule has 3 aliphatic rings. The minimum absolute atomic E-state index is 0.0309. The monoisotopic (exact) mass is 605 g/mol. The second-order valence-electron chi connectivity index (χ2n) is 11.5. The summed E-state index contributed by atoms with van der Waals surface area (Å²) in [6, 6.07) is 14.7. The summed E-state index contributed by atoms with van der Waals surface area (Å²) in [4.78, 5) is 29.4. The van der Waals surface area contributed by atoms with Crippen LogP contribution in [-0.4, -0.2) is 101 Å². The summed E-state index contributed by atoms with van der Waals surface area (Å²) in [7, 11) is 0. The Bertz CT molecular complexity index is 1450. The van der Waals surface area contributed by atoms with Crippen LogP contribution in [0.15, 0.2) is 54.2 Å². The molecule has 6 rings (SSSR count). The van der Waals surface area contributed by atoms with Gasteiger partial charge in [-0.05, 0) is 68.0 Å². The van der Waals surface area contributed by atoms with Gasteiger partial charge < -0.3 is 29.6 Å². The first kappa shape index (κ1) is 31.5. The van der Waals surface area contributed by atoms with Crippen LogP contribution in [0.1, 0.15) is 47.7 Å². The minimum Gasteiger partial charge on any atom is -0.484 e. The molecule has 0 radical (unpaired) electrons. The van der Waals surface area contributed by atoms with E-state index in [0.717, 1.165) is 64.2 Å². The lowest BCUT2D eigenvalue weighted by molar-refractivity contribution is -0.134. The van der Waals surface area contributed by atoms with Crippen molar-refractivity contribution in [2.75, 3.05) is 52.5 Å². The van der Waals surface area contributed by atoms with E-state index in [4.69, 9.17) is 25.2 Å². The van der Waals surface area contributed by atoms with Gasteiger partial charge in [-0.25, -0.2) is 5.84 Å². The van der Waals surface area contributed by atoms with E-state index in [0.29, 0.717) is 18.7 Å². The number of nitrogens with zero attached hydrogens (tertiary/aromatic N) is 3. The Morgan fingerprint density at radius 2 is 1.91 bits per heavy atom. The zero-order chi connectivity index (χ0) is 31.1. The number of aryl methyl sites for hydroxylation is 1. The van der Waals surface area contributed by atoms with E-state index in [-0.39, 0.29) is 31.1 Å². The van der Waals surface area contributed by atoms with E-state index < -0.39 is 0 Å². The van der Waals surface area contributed by atoms with Crippen LogP contribution in [0.25, 0.3) is 10.9 Å². The van der Waals surface area contributed by atoms with E-state index >= 15 is 0 Å². The zero-order valence-corrected chi connectivity index (χ0v) is 25.3. The molecule has 11 nitrogen and oxygen atoms in total. The Kier molecular flexibility index (Phi) is 10.5. The van der Waals surface area contributed by atoms with Gasteiger partial charge >= 0.3 is 0 Å². The Hall–Kier alpha value is -3.90. The number of aromatic amines is 1. The number of fused-ring (bicyclic) bond motifs is 3. The van der Waals surface area contributed by atoms with Crippen LogP contribution in [0.5, 0.6) is 5.75 Å². The fourth-order valence-corrected chi connectivity index (χ4v) is 6.30. The number of hydrazine groups is 1. The molecule has 0 saturated carbocycles. The van der Waals surface area contributed by atoms with Crippen LogP contribution in [0.4, 0.5) is 0 Å². The second-order valence-corrected chi connectivity index (χ2v) is 11.5. The summed E-state index contributed by atoms with van der Waals surface area (Å²) in [5, 5.41) is 19.5. The zero-order valence-electron chi connectivity index (χ0n) is 25.3. The number of hydrogen-bond donors (Lipinski definition) is 4. The summed E-state index contributed by atoms with van der Waals surface area (Å²) in [6.45, 7) is 7.06. The van der Waals surface area contributed by atoms with Gasteiger partial charge in [0.25, 0.3) is 12.4 Å². The minimum atomic E-state index is -0.253. The molecule has 2 aromatic carbocycles. The lowest BCUT2D eigenvalue weighted by Gasteiger charge is -2.41.